The summed E-state index contributed by atoms with van der Waals surface area (Å²) in [4.78, 5) is 0. The Morgan fingerprint density at radius 1 is 0.917 bits per heavy atom. The van der Waals surface area contributed by atoms with Crippen LogP contribution in [-0.2, 0) is 0 Å². The van der Waals surface area contributed by atoms with E-state index in [1.807, 2.05) is 0 Å². The van der Waals surface area contributed by atoms with Gasteiger partial charge in [0.2, 0.25) is 0 Å². The van der Waals surface area contributed by atoms with E-state index in [1.165, 1.54) is 51.4 Å². The maximum absolute atomic E-state index is 3.31. The van der Waals surface area contributed by atoms with E-state index in [4.69, 9.17) is 0 Å². The summed E-state index contributed by atoms with van der Waals surface area (Å²) in [6.07, 6.45) is 11.0. The van der Waals surface area contributed by atoms with Gasteiger partial charge in [0.1, 0.15) is 0 Å². The highest BCUT2D eigenvalue weighted by Gasteiger charge is 2.27. The molecule has 0 saturated carbocycles. The SMILES string of the molecule is CCCC(CC(C)C)CC(C)(C)CCCC(C)C(C)(C)CCNC. The van der Waals surface area contributed by atoms with Crippen molar-refractivity contribution in [2.24, 2.45) is 28.6 Å². The zero-order valence-electron chi connectivity index (χ0n) is 18.6. The Labute approximate surface area is 154 Å². The first kappa shape index (κ1) is 24.0. The van der Waals surface area contributed by atoms with Crippen LogP contribution in [0.2, 0.25) is 0 Å². The van der Waals surface area contributed by atoms with Crippen molar-refractivity contribution in [1.82, 2.24) is 5.32 Å². The molecule has 2 atom stereocenters. The summed E-state index contributed by atoms with van der Waals surface area (Å²) in [5, 5.41) is 3.31. The van der Waals surface area contributed by atoms with Gasteiger partial charge >= 0.3 is 0 Å². The third kappa shape index (κ3) is 10.7. The second kappa shape index (κ2) is 11.6. The van der Waals surface area contributed by atoms with Crippen LogP contribution >= 0.6 is 0 Å². The molecule has 0 amide bonds. The van der Waals surface area contributed by atoms with Crippen molar-refractivity contribution in [2.75, 3.05) is 13.6 Å². The molecule has 1 nitrogen and oxygen atoms in total. The molecule has 24 heavy (non-hydrogen) atoms. The van der Waals surface area contributed by atoms with Gasteiger partial charge in [-0.3, -0.25) is 0 Å². The lowest BCUT2D eigenvalue weighted by Gasteiger charge is -2.34. The molecule has 0 radical (unpaired) electrons. The van der Waals surface area contributed by atoms with Crippen LogP contribution in [-0.4, -0.2) is 13.6 Å². The van der Waals surface area contributed by atoms with Crippen LogP contribution in [0.3, 0.4) is 0 Å². The van der Waals surface area contributed by atoms with E-state index in [2.05, 4.69) is 67.8 Å². The first-order valence-corrected chi connectivity index (χ1v) is 10.7. The Balaban J connectivity index is 4.35. The van der Waals surface area contributed by atoms with Crippen LogP contribution in [0.5, 0.6) is 0 Å². The van der Waals surface area contributed by atoms with Crippen LogP contribution < -0.4 is 5.32 Å². The molecular formula is C23H49N. The fraction of sp³-hybridized carbons (Fsp3) is 1.00. The molecule has 0 aromatic carbocycles. The lowest BCUT2D eigenvalue weighted by Crippen LogP contribution is -2.26. The number of hydrogen-bond donors (Lipinski definition) is 1. The Morgan fingerprint density at radius 3 is 2.04 bits per heavy atom. The number of hydrogen-bond acceptors (Lipinski definition) is 1. The molecular weight excluding hydrogens is 290 g/mol. The summed E-state index contributed by atoms with van der Waals surface area (Å²) in [5.41, 5.74) is 0.957. The zero-order valence-corrected chi connectivity index (χ0v) is 18.6. The van der Waals surface area contributed by atoms with Crippen LogP contribution in [0.4, 0.5) is 0 Å². The number of rotatable bonds is 14. The third-order valence-corrected chi connectivity index (χ3v) is 6.19. The predicted octanol–water partition coefficient (Wildman–Crippen LogP) is 7.31. The van der Waals surface area contributed by atoms with E-state index in [9.17, 15) is 0 Å². The molecule has 0 bridgehead atoms. The fourth-order valence-corrected chi connectivity index (χ4v) is 4.23. The number of nitrogens with one attached hydrogen (secondary N) is 1. The molecule has 0 fully saturated rings. The first-order valence-electron chi connectivity index (χ1n) is 10.7. The molecule has 0 aliphatic heterocycles. The van der Waals surface area contributed by atoms with Crippen LogP contribution in [0.1, 0.15) is 107 Å². The minimum absolute atomic E-state index is 0.454. The van der Waals surface area contributed by atoms with Crippen molar-refractivity contribution in [1.29, 1.82) is 0 Å². The van der Waals surface area contributed by atoms with Gasteiger partial charge in [-0.05, 0) is 67.9 Å². The molecule has 0 spiro atoms. The van der Waals surface area contributed by atoms with Crippen molar-refractivity contribution >= 4 is 0 Å². The summed E-state index contributed by atoms with van der Waals surface area (Å²) < 4.78 is 0. The summed E-state index contributed by atoms with van der Waals surface area (Å²) in [7, 11) is 2.06. The second-order valence-corrected chi connectivity index (χ2v) is 10.3. The maximum Gasteiger partial charge on any atom is -0.00467 e. The molecule has 0 rings (SSSR count). The van der Waals surface area contributed by atoms with Gasteiger partial charge in [0, 0.05) is 0 Å². The Kier molecular flexibility index (Phi) is 11.5. The average Bonchev–Trinajstić information content (AvgIpc) is 2.43. The molecule has 146 valence electrons. The Morgan fingerprint density at radius 2 is 1.54 bits per heavy atom. The van der Waals surface area contributed by atoms with Gasteiger partial charge in [0.05, 0.1) is 0 Å². The highest BCUT2D eigenvalue weighted by Crippen LogP contribution is 2.38. The summed E-state index contributed by atoms with van der Waals surface area (Å²) in [6, 6.07) is 0. The monoisotopic (exact) mass is 339 g/mol. The van der Waals surface area contributed by atoms with Gasteiger partial charge in [0.15, 0.2) is 0 Å². The molecule has 1 N–H and O–H groups in total. The van der Waals surface area contributed by atoms with E-state index >= 15 is 0 Å². The van der Waals surface area contributed by atoms with Gasteiger partial charge in [0.25, 0.3) is 0 Å². The standard InChI is InChI=1S/C23H49N/c1-10-12-21(17-19(2)3)18-22(5,6)14-11-13-20(4)23(7,8)15-16-24-9/h19-21,24H,10-18H2,1-9H3. The van der Waals surface area contributed by atoms with E-state index in [1.54, 1.807) is 0 Å². The summed E-state index contributed by atoms with van der Waals surface area (Å²) in [6.45, 7) is 20.6. The van der Waals surface area contributed by atoms with E-state index in [0.717, 1.165) is 24.3 Å². The predicted molar refractivity (Wildman–Crippen MR) is 112 cm³/mol. The summed E-state index contributed by atoms with van der Waals surface area (Å²) in [5.74, 6) is 2.57. The molecule has 2 unspecified atom stereocenters. The van der Waals surface area contributed by atoms with E-state index in [-0.39, 0.29) is 0 Å². The largest absolute Gasteiger partial charge is 0.320 e. The van der Waals surface area contributed by atoms with Gasteiger partial charge in [-0.2, -0.15) is 0 Å². The van der Waals surface area contributed by atoms with Crippen molar-refractivity contribution in [2.45, 2.75) is 107 Å². The van der Waals surface area contributed by atoms with Gasteiger partial charge in [-0.1, -0.05) is 81.1 Å². The smallest absolute Gasteiger partial charge is 0.00467 e. The highest BCUT2D eigenvalue weighted by atomic mass is 14.8. The van der Waals surface area contributed by atoms with Gasteiger partial charge < -0.3 is 5.32 Å². The van der Waals surface area contributed by atoms with Crippen LogP contribution in [0, 0.1) is 28.6 Å². The highest BCUT2D eigenvalue weighted by molar-refractivity contribution is 4.79. The Bertz CT molecular complexity index is 303. The minimum atomic E-state index is 0.454. The fourth-order valence-electron chi connectivity index (χ4n) is 4.23. The normalized spacial score (nSPS) is 15.8. The van der Waals surface area contributed by atoms with Crippen molar-refractivity contribution < 1.29 is 0 Å². The lowest BCUT2D eigenvalue weighted by molar-refractivity contribution is 0.173. The van der Waals surface area contributed by atoms with E-state index < -0.39 is 0 Å². The minimum Gasteiger partial charge on any atom is -0.320 e. The quantitative estimate of drug-likeness (QED) is 0.350. The molecule has 0 aromatic heterocycles. The van der Waals surface area contributed by atoms with Crippen molar-refractivity contribution in [3.8, 4) is 0 Å². The Hall–Kier alpha value is -0.0400. The maximum atomic E-state index is 3.31. The third-order valence-electron chi connectivity index (χ3n) is 6.19. The molecule has 0 aliphatic carbocycles. The second-order valence-electron chi connectivity index (χ2n) is 10.3. The molecule has 0 heterocycles. The average molecular weight is 340 g/mol. The van der Waals surface area contributed by atoms with Crippen molar-refractivity contribution in [3.63, 3.8) is 0 Å². The van der Waals surface area contributed by atoms with Gasteiger partial charge in [-0.25, -0.2) is 0 Å². The molecule has 0 aliphatic rings. The topological polar surface area (TPSA) is 12.0 Å². The van der Waals surface area contributed by atoms with E-state index in [0.29, 0.717) is 10.8 Å². The van der Waals surface area contributed by atoms with Crippen molar-refractivity contribution in [3.05, 3.63) is 0 Å². The first-order chi connectivity index (χ1) is 11.0. The lowest BCUT2D eigenvalue weighted by atomic mass is 9.72. The summed E-state index contributed by atoms with van der Waals surface area (Å²) >= 11 is 0. The molecule has 1 heteroatoms. The zero-order chi connectivity index (χ0) is 18.8. The molecule has 0 aromatic rings. The van der Waals surface area contributed by atoms with Crippen LogP contribution in [0.15, 0.2) is 0 Å². The molecule has 0 saturated heterocycles. The van der Waals surface area contributed by atoms with Crippen LogP contribution in [0.25, 0.3) is 0 Å². The van der Waals surface area contributed by atoms with Gasteiger partial charge in [-0.15, -0.1) is 0 Å².